The number of quaternary nitrogens is 1. The number of pyridine rings is 1. The van der Waals surface area contributed by atoms with Gasteiger partial charge in [-0.15, -0.1) is 0 Å². The first-order valence-corrected chi connectivity index (χ1v) is 5.73. The van der Waals surface area contributed by atoms with E-state index in [0.29, 0.717) is 0 Å². The minimum Gasteiger partial charge on any atom is -0.343 e. The number of hydrogen-bond donors (Lipinski definition) is 1. The molecule has 0 spiro atoms. The van der Waals surface area contributed by atoms with Gasteiger partial charge >= 0.3 is 6.18 Å². The number of anilines is 1. The number of nitrogens with two attached hydrogens (primary N) is 1. The maximum absolute atomic E-state index is 12.4. The van der Waals surface area contributed by atoms with Crippen LogP contribution in [0.4, 0.5) is 19.0 Å². The molecule has 0 amide bonds. The van der Waals surface area contributed by atoms with Gasteiger partial charge in [0, 0.05) is 12.5 Å². The van der Waals surface area contributed by atoms with Crippen molar-refractivity contribution in [2.75, 3.05) is 31.1 Å². The Hall–Kier alpha value is -1.30. The van der Waals surface area contributed by atoms with Gasteiger partial charge in [-0.25, -0.2) is 4.98 Å². The van der Waals surface area contributed by atoms with Crippen molar-refractivity contribution in [3.05, 3.63) is 23.9 Å². The summed E-state index contributed by atoms with van der Waals surface area (Å²) in [6.07, 6.45) is -2.19. The standard InChI is InChI=1S/C11H14F3N3/c12-11(13,14)9-2-3-10(16-8-9)17-6-1-4-15-5-7-17/h2-3,8,15H,1,4-7H2/p+2. The molecule has 3 nitrogen and oxygen atoms in total. The SMILES string of the molecule is FC(F)(F)c1ccc(N2CCC[NH2+]CC2)[nH+]c1. The summed E-state index contributed by atoms with van der Waals surface area (Å²) in [7, 11) is 0. The molecule has 0 bridgehead atoms. The summed E-state index contributed by atoms with van der Waals surface area (Å²) in [5, 5.41) is 2.23. The number of aromatic amines is 1. The zero-order valence-electron chi connectivity index (χ0n) is 9.43. The van der Waals surface area contributed by atoms with Gasteiger partial charge in [-0.1, -0.05) is 0 Å². The lowest BCUT2D eigenvalue weighted by molar-refractivity contribution is -0.650. The molecular weight excluding hydrogens is 231 g/mol. The van der Waals surface area contributed by atoms with E-state index in [4.69, 9.17) is 0 Å². The zero-order chi connectivity index (χ0) is 12.3. The number of H-pyrrole nitrogens is 1. The predicted molar refractivity (Wildman–Crippen MR) is 56.5 cm³/mol. The Morgan fingerprint density at radius 1 is 1.18 bits per heavy atom. The molecule has 3 N–H and O–H groups in total. The van der Waals surface area contributed by atoms with Gasteiger partial charge in [0.15, 0.2) is 0 Å². The summed E-state index contributed by atoms with van der Waals surface area (Å²) in [5.74, 6) is 0.758. The summed E-state index contributed by atoms with van der Waals surface area (Å²) in [6.45, 7) is 3.81. The van der Waals surface area contributed by atoms with Gasteiger partial charge in [0.25, 0.3) is 5.82 Å². The van der Waals surface area contributed by atoms with Crippen LogP contribution in [-0.4, -0.2) is 26.2 Å². The van der Waals surface area contributed by atoms with Crippen LogP contribution in [0.15, 0.2) is 18.3 Å². The summed E-state index contributed by atoms with van der Waals surface area (Å²) in [6, 6.07) is 2.63. The molecule has 6 heteroatoms. The second-order valence-corrected chi connectivity index (χ2v) is 4.17. The molecule has 0 atom stereocenters. The van der Waals surface area contributed by atoms with E-state index in [1.54, 1.807) is 0 Å². The zero-order valence-corrected chi connectivity index (χ0v) is 9.43. The smallest absolute Gasteiger partial charge is 0.343 e. The first kappa shape index (κ1) is 12.2. The van der Waals surface area contributed by atoms with Gasteiger partial charge < -0.3 is 5.32 Å². The molecule has 1 saturated heterocycles. The second kappa shape index (κ2) is 4.91. The Kier molecular flexibility index (Phi) is 3.51. The molecule has 0 aromatic carbocycles. The Balaban J connectivity index is 2.11. The van der Waals surface area contributed by atoms with Crippen LogP contribution in [-0.2, 0) is 6.18 Å². The van der Waals surface area contributed by atoms with Gasteiger partial charge in [-0.2, -0.15) is 13.2 Å². The molecule has 0 unspecified atom stereocenters. The van der Waals surface area contributed by atoms with Gasteiger partial charge in [-0.05, 0) is 6.07 Å². The highest BCUT2D eigenvalue weighted by Gasteiger charge is 2.32. The normalized spacial score (nSPS) is 17.9. The van der Waals surface area contributed by atoms with E-state index in [1.165, 1.54) is 6.07 Å². The molecule has 2 heterocycles. The van der Waals surface area contributed by atoms with E-state index in [9.17, 15) is 13.2 Å². The first-order valence-electron chi connectivity index (χ1n) is 5.73. The topological polar surface area (TPSA) is 34.0 Å². The predicted octanol–water partition coefficient (Wildman–Crippen LogP) is 0.293. The first-order chi connectivity index (χ1) is 8.07. The molecule has 1 aliphatic rings. The monoisotopic (exact) mass is 247 g/mol. The Labute approximate surface area is 97.6 Å². The Morgan fingerprint density at radius 2 is 2.00 bits per heavy atom. The highest BCUT2D eigenvalue weighted by atomic mass is 19.4. The summed E-state index contributed by atoms with van der Waals surface area (Å²) in [5.41, 5.74) is -0.636. The summed E-state index contributed by atoms with van der Waals surface area (Å²) >= 11 is 0. The van der Waals surface area contributed by atoms with E-state index in [-0.39, 0.29) is 0 Å². The lowest BCUT2D eigenvalue weighted by Gasteiger charge is -2.12. The van der Waals surface area contributed by atoms with Crippen LogP contribution in [0, 0.1) is 0 Å². The van der Waals surface area contributed by atoms with Crippen LogP contribution in [0.5, 0.6) is 0 Å². The van der Waals surface area contributed by atoms with Crippen molar-refractivity contribution in [3.8, 4) is 0 Å². The van der Waals surface area contributed by atoms with E-state index >= 15 is 0 Å². The second-order valence-electron chi connectivity index (χ2n) is 4.17. The molecular formula is C11H16F3N3+2. The number of nitrogens with zero attached hydrogens (tertiary/aromatic N) is 1. The lowest BCUT2D eigenvalue weighted by Crippen LogP contribution is -2.84. The van der Waals surface area contributed by atoms with Crippen molar-refractivity contribution < 1.29 is 23.5 Å². The van der Waals surface area contributed by atoms with E-state index in [2.05, 4.69) is 15.2 Å². The molecule has 17 heavy (non-hydrogen) atoms. The Bertz CT molecular complexity index is 353. The van der Waals surface area contributed by atoms with Gasteiger partial charge in [0.05, 0.1) is 18.7 Å². The van der Waals surface area contributed by atoms with Crippen molar-refractivity contribution in [2.45, 2.75) is 12.6 Å². The van der Waals surface area contributed by atoms with E-state index in [0.717, 1.165) is 50.7 Å². The highest BCUT2D eigenvalue weighted by Crippen LogP contribution is 2.28. The van der Waals surface area contributed by atoms with Crippen LogP contribution >= 0.6 is 0 Å². The summed E-state index contributed by atoms with van der Waals surface area (Å²) in [4.78, 5) is 4.82. The molecule has 0 saturated carbocycles. The van der Waals surface area contributed by atoms with Crippen LogP contribution in [0.3, 0.4) is 0 Å². The number of nitrogens with one attached hydrogen (secondary N) is 1. The number of hydrogen-bond acceptors (Lipinski definition) is 1. The van der Waals surface area contributed by atoms with Crippen molar-refractivity contribution in [1.82, 2.24) is 0 Å². The fourth-order valence-corrected chi connectivity index (χ4v) is 1.96. The molecule has 0 aliphatic carbocycles. The number of alkyl halides is 3. The molecule has 94 valence electrons. The lowest BCUT2D eigenvalue weighted by atomic mass is 10.2. The third-order valence-corrected chi connectivity index (χ3v) is 2.90. The fraction of sp³-hybridized carbons (Fsp3) is 0.545. The van der Waals surface area contributed by atoms with Crippen LogP contribution in [0.1, 0.15) is 12.0 Å². The number of halogens is 3. The Morgan fingerprint density at radius 3 is 2.65 bits per heavy atom. The van der Waals surface area contributed by atoms with E-state index < -0.39 is 11.7 Å². The average Bonchev–Trinajstić information content (AvgIpc) is 2.56. The molecule has 1 aromatic rings. The molecule has 2 rings (SSSR count). The quantitative estimate of drug-likeness (QED) is 0.760. The van der Waals surface area contributed by atoms with Gasteiger partial charge in [-0.3, -0.25) is 4.90 Å². The van der Waals surface area contributed by atoms with Crippen molar-refractivity contribution in [3.63, 3.8) is 0 Å². The van der Waals surface area contributed by atoms with Crippen molar-refractivity contribution in [2.24, 2.45) is 0 Å². The highest BCUT2D eigenvalue weighted by molar-refractivity contribution is 5.33. The molecule has 1 fully saturated rings. The van der Waals surface area contributed by atoms with Crippen LogP contribution < -0.4 is 15.2 Å². The van der Waals surface area contributed by atoms with Crippen LogP contribution in [0.2, 0.25) is 0 Å². The van der Waals surface area contributed by atoms with Crippen molar-refractivity contribution >= 4 is 5.82 Å². The minimum atomic E-state index is -4.28. The largest absolute Gasteiger partial charge is 0.419 e. The number of rotatable bonds is 1. The third-order valence-electron chi connectivity index (χ3n) is 2.90. The molecule has 0 radical (unpaired) electrons. The van der Waals surface area contributed by atoms with Crippen LogP contribution in [0.25, 0.3) is 0 Å². The third kappa shape index (κ3) is 3.09. The molecule has 1 aliphatic heterocycles. The van der Waals surface area contributed by atoms with Gasteiger partial charge in [0.2, 0.25) is 0 Å². The average molecular weight is 247 g/mol. The maximum Gasteiger partial charge on any atom is 0.419 e. The maximum atomic E-state index is 12.4. The summed E-state index contributed by atoms with van der Waals surface area (Å²) < 4.78 is 37.2. The molecule has 1 aromatic heterocycles. The fourth-order valence-electron chi connectivity index (χ4n) is 1.96. The van der Waals surface area contributed by atoms with E-state index in [1.807, 2.05) is 0 Å². The van der Waals surface area contributed by atoms with Crippen molar-refractivity contribution in [1.29, 1.82) is 0 Å². The van der Waals surface area contributed by atoms with Gasteiger partial charge in [0.1, 0.15) is 19.3 Å². The minimum absolute atomic E-state index is 0.636. The number of aromatic nitrogens is 1.